The summed E-state index contributed by atoms with van der Waals surface area (Å²) in [5.41, 5.74) is 1.15. The second-order valence-electron chi connectivity index (χ2n) is 9.34. The minimum Gasteiger partial charge on any atom is -0.319 e. The van der Waals surface area contributed by atoms with Crippen LogP contribution in [0.4, 0.5) is 0 Å². The molecule has 2 heteroatoms. The molecule has 7 rings (SSSR count). The maximum Gasteiger partial charge on any atom is 0.185 e. The van der Waals surface area contributed by atoms with Crippen molar-refractivity contribution in [1.29, 1.82) is 0 Å². The van der Waals surface area contributed by atoms with Crippen molar-refractivity contribution >= 4 is 0 Å². The molecule has 3 aliphatic heterocycles. The van der Waals surface area contributed by atoms with Gasteiger partial charge in [-0.1, -0.05) is 19.8 Å². The van der Waals surface area contributed by atoms with Gasteiger partial charge in [-0.25, -0.2) is 0 Å². The van der Waals surface area contributed by atoms with E-state index in [1.807, 2.05) is 0 Å². The summed E-state index contributed by atoms with van der Waals surface area (Å²) in [4.78, 5) is 0. The van der Waals surface area contributed by atoms with Gasteiger partial charge in [0.1, 0.15) is 0 Å². The number of rotatable bonds is 0. The molecule has 0 aromatic rings. The van der Waals surface area contributed by atoms with E-state index in [-0.39, 0.29) is 12.1 Å². The van der Waals surface area contributed by atoms with Crippen LogP contribution < -0.4 is 0 Å². The largest absolute Gasteiger partial charge is 0.319 e. The molecule has 1 unspecified atom stereocenters. The van der Waals surface area contributed by atoms with Gasteiger partial charge < -0.3 is 9.47 Å². The van der Waals surface area contributed by atoms with Crippen molar-refractivity contribution in [2.75, 3.05) is 0 Å². The molecular formula is C19H28O2. The van der Waals surface area contributed by atoms with Crippen LogP contribution in [0.5, 0.6) is 0 Å². The average Bonchev–Trinajstić information content (AvgIpc) is 2.63. The molecule has 2 nitrogen and oxygen atoms in total. The first-order valence-electron chi connectivity index (χ1n) is 9.55. The van der Waals surface area contributed by atoms with Crippen molar-refractivity contribution < 1.29 is 9.47 Å². The predicted molar refractivity (Wildman–Crippen MR) is 79.4 cm³/mol. The fourth-order valence-electron chi connectivity index (χ4n) is 8.24. The molecule has 6 atom stereocenters. The molecule has 0 N–H and O–H groups in total. The minimum absolute atomic E-state index is 0.0857. The maximum atomic E-state index is 5.99. The first kappa shape index (κ1) is 12.4. The van der Waals surface area contributed by atoms with E-state index in [1.54, 1.807) is 0 Å². The molecule has 7 fully saturated rings. The molecule has 21 heavy (non-hydrogen) atoms. The lowest BCUT2D eigenvalue weighted by Gasteiger charge is -2.75. The Bertz CT molecular complexity index is 496. The van der Waals surface area contributed by atoms with Gasteiger partial charge >= 0.3 is 0 Å². The summed E-state index contributed by atoms with van der Waals surface area (Å²) < 4.78 is 12.0. The zero-order valence-electron chi connectivity index (χ0n) is 13.3. The maximum absolute atomic E-state index is 5.99. The summed E-state index contributed by atoms with van der Waals surface area (Å²) in [5.74, 6) is 3.90. The fourth-order valence-corrected chi connectivity index (χ4v) is 8.24. The van der Waals surface area contributed by atoms with Crippen LogP contribution in [0.3, 0.4) is 0 Å². The summed E-state index contributed by atoms with van der Waals surface area (Å²) >= 11 is 0. The van der Waals surface area contributed by atoms with Gasteiger partial charge in [-0.15, -0.1) is 0 Å². The second kappa shape index (κ2) is 3.53. The lowest BCUT2D eigenvalue weighted by molar-refractivity contribution is -0.631. The Morgan fingerprint density at radius 2 is 1.67 bits per heavy atom. The lowest BCUT2D eigenvalue weighted by atomic mass is 9.43. The van der Waals surface area contributed by atoms with Gasteiger partial charge in [-0.2, -0.15) is 0 Å². The minimum atomic E-state index is -0.0857. The van der Waals surface area contributed by atoms with Crippen LogP contribution >= 0.6 is 0 Å². The van der Waals surface area contributed by atoms with Crippen LogP contribution in [-0.2, 0) is 9.47 Å². The zero-order valence-corrected chi connectivity index (χ0v) is 13.3. The van der Waals surface area contributed by atoms with E-state index >= 15 is 0 Å². The number of hydrogen-bond donors (Lipinski definition) is 0. The third-order valence-corrected chi connectivity index (χ3v) is 9.22. The van der Waals surface area contributed by atoms with E-state index < -0.39 is 0 Å². The molecule has 2 spiro atoms. The van der Waals surface area contributed by atoms with E-state index in [1.165, 1.54) is 64.2 Å². The quantitative estimate of drug-likeness (QED) is 0.654. The normalized spacial score (nSPS) is 67.0. The van der Waals surface area contributed by atoms with Gasteiger partial charge in [-0.3, -0.25) is 0 Å². The second-order valence-corrected chi connectivity index (χ2v) is 9.34. The molecule has 0 radical (unpaired) electrons. The summed E-state index contributed by atoms with van der Waals surface area (Å²) in [7, 11) is 0. The molecule has 4 saturated carbocycles. The molecule has 2 bridgehead atoms. The number of ether oxygens (including phenoxy) is 2. The highest BCUT2D eigenvalue weighted by atomic mass is 16.9. The van der Waals surface area contributed by atoms with Crippen molar-refractivity contribution in [1.82, 2.24) is 0 Å². The van der Waals surface area contributed by atoms with Crippen LogP contribution in [0.25, 0.3) is 0 Å². The molecule has 0 aromatic carbocycles. The summed E-state index contributed by atoms with van der Waals surface area (Å²) in [6.45, 7) is 2.67. The van der Waals surface area contributed by atoms with E-state index in [0.29, 0.717) is 10.8 Å². The molecule has 0 aromatic heterocycles. The van der Waals surface area contributed by atoms with Crippen molar-refractivity contribution in [2.45, 2.75) is 83.2 Å². The smallest absolute Gasteiger partial charge is 0.185 e. The molecule has 0 amide bonds. The Balaban J connectivity index is 1.37. The van der Waals surface area contributed by atoms with Crippen LogP contribution in [0.15, 0.2) is 0 Å². The summed E-state index contributed by atoms with van der Waals surface area (Å²) in [6.07, 6.45) is 14.7. The highest BCUT2D eigenvalue weighted by Crippen LogP contribution is 2.80. The van der Waals surface area contributed by atoms with Crippen molar-refractivity contribution in [3.8, 4) is 0 Å². The fraction of sp³-hybridized carbons (Fsp3) is 1.00. The van der Waals surface area contributed by atoms with Crippen molar-refractivity contribution in [3.05, 3.63) is 0 Å². The van der Waals surface area contributed by atoms with Crippen LogP contribution in [0.1, 0.15) is 71.1 Å². The Morgan fingerprint density at radius 3 is 2.48 bits per heavy atom. The molecular weight excluding hydrogens is 260 g/mol. The monoisotopic (exact) mass is 288 g/mol. The molecule has 116 valence electrons. The Kier molecular flexibility index (Phi) is 2.08. The third-order valence-electron chi connectivity index (χ3n) is 9.22. The SMILES string of the molecule is C[C@]12CCCCC1CC[C@@H]1[C@@H]2CC[C@]23C4OC2(CC[C@@H]13)O4. The first-order valence-corrected chi connectivity index (χ1v) is 9.55. The Hall–Kier alpha value is -0.0800. The number of fused-ring (bicyclic) bond motifs is 4. The van der Waals surface area contributed by atoms with Gasteiger partial charge in [0, 0.05) is 6.42 Å². The van der Waals surface area contributed by atoms with Crippen LogP contribution in [0.2, 0.25) is 0 Å². The van der Waals surface area contributed by atoms with Crippen molar-refractivity contribution in [3.63, 3.8) is 0 Å². The van der Waals surface area contributed by atoms with E-state index in [0.717, 1.165) is 23.7 Å². The third kappa shape index (κ3) is 1.11. The van der Waals surface area contributed by atoms with E-state index in [4.69, 9.17) is 9.47 Å². The highest BCUT2D eigenvalue weighted by molar-refractivity contribution is 5.24. The van der Waals surface area contributed by atoms with Crippen LogP contribution in [0, 0.1) is 34.5 Å². The van der Waals surface area contributed by atoms with Crippen molar-refractivity contribution in [2.24, 2.45) is 34.5 Å². The van der Waals surface area contributed by atoms with Gasteiger partial charge in [0.15, 0.2) is 12.1 Å². The Labute approximate surface area is 128 Å². The highest BCUT2D eigenvalue weighted by Gasteiger charge is 2.86. The topological polar surface area (TPSA) is 18.5 Å². The average molecular weight is 288 g/mol. The molecule has 3 saturated heterocycles. The number of hydrogen-bond acceptors (Lipinski definition) is 2. The molecule has 3 heterocycles. The lowest BCUT2D eigenvalue weighted by Crippen LogP contribution is -2.84. The van der Waals surface area contributed by atoms with Gasteiger partial charge in [0.25, 0.3) is 0 Å². The summed E-state index contributed by atoms with van der Waals surface area (Å²) in [5, 5.41) is 0. The standard InChI is InChI=1S/C19H28O2/c1-17-9-3-2-4-12(17)5-6-13-14(17)7-10-18-15(13)8-11-19(18)20-16(18)21-19/h12-16H,2-11H2,1H3/t12?,13-,14+,15+,16?,17+,18+,19?/m1/s1. The Morgan fingerprint density at radius 1 is 0.810 bits per heavy atom. The summed E-state index contributed by atoms with van der Waals surface area (Å²) in [6, 6.07) is 0. The van der Waals surface area contributed by atoms with Crippen LogP contribution in [-0.4, -0.2) is 12.1 Å². The van der Waals surface area contributed by atoms with Gasteiger partial charge in [0.2, 0.25) is 0 Å². The first-order chi connectivity index (χ1) is 10.2. The zero-order chi connectivity index (χ0) is 13.9. The van der Waals surface area contributed by atoms with Gasteiger partial charge in [-0.05, 0) is 74.0 Å². The molecule has 4 aliphatic carbocycles. The van der Waals surface area contributed by atoms with E-state index in [2.05, 4.69) is 6.92 Å². The predicted octanol–water partition coefficient (Wildman–Crippen LogP) is 4.48. The van der Waals surface area contributed by atoms with E-state index in [9.17, 15) is 0 Å². The molecule has 7 aliphatic rings. The van der Waals surface area contributed by atoms with Gasteiger partial charge in [0.05, 0.1) is 5.41 Å².